The van der Waals surface area contributed by atoms with E-state index in [-0.39, 0.29) is 12.5 Å². The number of anilines is 1. The Hall–Kier alpha value is -1.20. The molecule has 0 spiro atoms. The van der Waals surface area contributed by atoms with Crippen LogP contribution in [-0.2, 0) is 11.3 Å². The van der Waals surface area contributed by atoms with Crippen molar-refractivity contribution < 1.29 is 9.84 Å². The van der Waals surface area contributed by atoms with Crippen molar-refractivity contribution in [3.63, 3.8) is 0 Å². The van der Waals surface area contributed by atoms with E-state index in [0.717, 1.165) is 30.9 Å². The SMILES string of the molecule is CCC(CC)N(CCOC)c1cnc(C(C)C)nc1CO. The summed E-state index contributed by atoms with van der Waals surface area (Å²) in [4.78, 5) is 11.3. The summed E-state index contributed by atoms with van der Waals surface area (Å²) in [5, 5.41) is 9.68. The summed E-state index contributed by atoms with van der Waals surface area (Å²) in [6.45, 7) is 9.82. The van der Waals surface area contributed by atoms with Crippen molar-refractivity contribution in [2.75, 3.05) is 25.2 Å². The lowest BCUT2D eigenvalue weighted by molar-refractivity contribution is 0.202. The second-order valence-electron chi connectivity index (χ2n) is 5.53. The van der Waals surface area contributed by atoms with Gasteiger partial charge in [0.25, 0.3) is 0 Å². The van der Waals surface area contributed by atoms with Crippen LogP contribution in [0.2, 0.25) is 0 Å². The van der Waals surface area contributed by atoms with Crippen LogP contribution in [0.1, 0.15) is 58.0 Å². The molecule has 0 aliphatic carbocycles. The van der Waals surface area contributed by atoms with Gasteiger partial charge in [-0.3, -0.25) is 0 Å². The average molecular weight is 295 g/mol. The largest absolute Gasteiger partial charge is 0.390 e. The summed E-state index contributed by atoms with van der Waals surface area (Å²) in [6.07, 6.45) is 3.93. The predicted octanol–water partition coefficient (Wildman–Crippen LogP) is 2.73. The van der Waals surface area contributed by atoms with Gasteiger partial charge in [-0.05, 0) is 12.8 Å². The number of hydrogen-bond donors (Lipinski definition) is 1. The summed E-state index contributed by atoms with van der Waals surface area (Å²) in [5.41, 5.74) is 1.63. The van der Waals surface area contributed by atoms with Crippen LogP contribution in [-0.4, -0.2) is 41.4 Å². The van der Waals surface area contributed by atoms with Gasteiger partial charge in [0.05, 0.1) is 30.8 Å². The van der Waals surface area contributed by atoms with E-state index in [1.54, 1.807) is 7.11 Å². The van der Waals surface area contributed by atoms with Crippen molar-refractivity contribution in [2.24, 2.45) is 0 Å². The minimum Gasteiger partial charge on any atom is -0.390 e. The molecule has 5 heteroatoms. The van der Waals surface area contributed by atoms with Crippen LogP contribution >= 0.6 is 0 Å². The molecule has 1 heterocycles. The maximum Gasteiger partial charge on any atom is 0.131 e. The monoisotopic (exact) mass is 295 g/mol. The number of aromatic nitrogens is 2. The summed E-state index contributed by atoms with van der Waals surface area (Å²) < 4.78 is 5.22. The molecule has 5 nitrogen and oxygen atoms in total. The van der Waals surface area contributed by atoms with Crippen molar-refractivity contribution in [2.45, 2.75) is 59.1 Å². The van der Waals surface area contributed by atoms with Crippen LogP contribution in [0, 0.1) is 0 Å². The first-order valence-electron chi connectivity index (χ1n) is 7.81. The van der Waals surface area contributed by atoms with Crippen LogP contribution < -0.4 is 4.90 Å². The Morgan fingerprint density at radius 1 is 1.29 bits per heavy atom. The molecular formula is C16H29N3O2. The van der Waals surface area contributed by atoms with E-state index in [1.165, 1.54) is 0 Å². The molecule has 0 unspecified atom stereocenters. The summed E-state index contributed by atoms with van der Waals surface area (Å²) in [6, 6.07) is 0.402. The van der Waals surface area contributed by atoms with E-state index < -0.39 is 0 Å². The molecule has 0 aromatic carbocycles. The molecule has 21 heavy (non-hydrogen) atoms. The molecule has 0 aliphatic heterocycles. The number of rotatable bonds is 9. The van der Waals surface area contributed by atoms with Crippen molar-refractivity contribution in [1.82, 2.24) is 9.97 Å². The number of aliphatic hydroxyl groups is 1. The van der Waals surface area contributed by atoms with E-state index in [1.807, 2.05) is 6.20 Å². The minimum atomic E-state index is -0.0682. The number of aliphatic hydroxyl groups excluding tert-OH is 1. The van der Waals surface area contributed by atoms with Gasteiger partial charge in [0.2, 0.25) is 0 Å². The zero-order chi connectivity index (χ0) is 15.8. The number of nitrogens with zero attached hydrogens (tertiary/aromatic N) is 3. The molecule has 0 saturated heterocycles. The lowest BCUT2D eigenvalue weighted by atomic mass is 10.1. The standard InChI is InChI=1S/C16H29N3O2/c1-6-13(7-2)19(8-9-21-5)15-10-17-16(12(3)4)18-14(15)11-20/h10,12-13,20H,6-9,11H2,1-5H3. The van der Waals surface area contributed by atoms with Gasteiger partial charge in [0.15, 0.2) is 0 Å². The molecule has 1 N–H and O–H groups in total. The molecule has 0 fully saturated rings. The van der Waals surface area contributed by atoms with Gasteiger partial charge in [0.1, 0.15) is 5.82 Å². The second kappa shape index (κ2) is 8.95. The number of methoxy groups -OCH3 is 1. The molecule has 0 aliphatic rings. The minimum absolute atomic E-state index is 0.0682. The summed E-state index contributed by atoms with van der Waals surface area (Å²) in [5.74, 6) is 1.03. The third-order valence-electron chi connectivity index (χ3n) is 3.76. The average Bonchev–Trinajstić information content (AvgIpc) is 2.50. The highest BCUT2D eigenvalue weighted by molar-refractivity contribution is 5.50. The first-order chi connectivity index (χ1) is 10.1. The van der Waals surface area contributed by atoms with Crippen molar-refractivity contribution in [3.05, 3.63) is 17.7 Å². The molecule has 1 aromatic rings. The molecule has 0 radical (unpaired) electrons. The second-order valence-corrected chi connectivity index (χ2v) is 5.53. The van der Waals surface area contributed by atoms with Gasteiger partial charge in [-0.15, -0.1) is 0 Å². The summed E-state index contributed by atoms with van der Waals surface area (Å²) >= 11 is 0. The van der Waals surface area contributed by atoms with Crippen molar-refractivity contribution >= 4 is 5.69 Å². The Morgan fingerprint density at radius 2 is 1.95 bits per heavy atom. The molecular weight excluding hydrogens is 266 g/mol. The number of ether oxygens (including phenoxy) is 1. The molecule has 0 amide bonds. The first kappa shape index (κ1) is 17.9. The van der Waals surface area contributed by atoms with E-state index in [4.69, 9.17) is 4.74 Å². The fraction of sp³-hybridized carbons (Fsp3) is 0.750. The zero-order valence-electron chi connectivity index (χ0n) is 14.0. The molecule has 1 aromatic heterocycles. The molecule has 1 rings (SSSR count). The van der Waals surface area contributed by atoms with Gasteiger partial charge in [-0.1, -0.05) is 27.7 Å². The smallest absolute Gasteiger partial charge is 0.131 e. The fourth-order valence-corrected chi connectivity index (χ4v) is 2.48. The Morgan fingerprint density at radius 3 is 2.43 bits per heavy atom. The third-order valence-corrected chi connectivity index (χ3v) is 3.76. The zero-order valence-corrected chi connectivity index (χ0v) is 14.0. The molecule has 0 atom stereocenters. The Labute approximate surface area is 128 Å². The molecule has 0 bridgehead atoms. The lowest BCUT2D eigenvalue weighted by Gasteiger charge is -2.33. The van der Waals surface area contributed by atoms with Crippen molar-refractivity contribution in [3.8, 4) is 0 Å². The lowest BCUT2D eigenvalue weighted by Crippen LogP contribution is -2.38. The molecule has 0 saturated carbocycles. The van der Waals surface area contributed by atoms with Crippen LogP contribution in [0.15, 0.2) is 6.20 Å². The van der Waals surface area contributed by atoms with E-state index in [2.05, 4.69) is 42.6 Å². The molecule has 120 valence electrons. The van der Waals surface area contributed by atoms with Gasteiger partial charge in [-0.2, -0.15) is 0 Å². The summed E-state index contributed by atoms with van der Waals surface area (Å²) in [7, 11) is 1.70. The van der Waals surface area contributed by atoms with Gasteiger partial charge < -0.3 is 14.7 Å². The van der Waals surface area contributed by atoms with E-state index >= 15 is 0 Å². The quantitative estimate of drug-likeness (QED) is 0.759. The predicted molar refractivity (Wildman–Crippen MR) is 85.6 cm³/mol. The van der Waals surface area contributed by atoms with E-state index in [0.29, 0.717) is 18.3 Å². The maximum absolute atomic E-state index is 9.68. The van der Waals surface area contributed by atoms with Crippen LogP contribution in [0.5, 0.6) is 0 Å². The number of hydrogen-bond acceptors (Lipinski definition) is 5. The third kappa shape index (κ3) is 4.64. The van der Waals surface area contributed by atoms with Gasteiger partial charge in [-0.25, -0.2) is 9.97 Å². The Balaban J connectivity index is 3.16. The first-order valence-corrected chi connectivity index (χ1v) is 7.81. The normalized spacial score (nSPS) is 11.4. The Bertz CT molecular complexity index is 420. The van der Waals surface area contributed by atoms with Gasteiger partial charge >= 0.3 is 0 Å². The van der Waals surface area contributed by atoms with E-state index in [9.17, 15) is 5.11 Å². The van der Waals surface area contributed by atoms with Crippen molar-refractivity contribution in [1.29, 1.82) is 0 Å². The fourth-order valence-electron chi connectivity index (χ4n) is 2.48. The highest BCUT2D eigenvalue weighted by atomic mass is 16.5. The maximum atomic E-state index is 9.68. The van der Waals surface area contributed by atoms with Crippen LogP contribution in [0.4, 0.5) is 5.69 Å². The van der Waals surface area contributed by atoms with Crippen LogP contribution in [0.25, 0.3) is 0 Å². The topological polar surface area (TPSA) is 58.5 Å². The van der Waals surface area contributed by atoms with Crippen LogP contribution in [0.3, 0.4) is 0 Å². The van der Waals surface area contributed by atoms with Gasteiger partial charge in [0, 0.05) is 25.6 Å². The highest BCUT2D eigenvalue weighted by Crippen LogP contribution is 2.24. The Kier molecular flexibility index (Phi) is 7.61. The highest BCUT2D eigenvalue weighted by Gasteiger charge is 2.20.